The van der Waals surface area contributed by atoms with Crippen LogP contribution < -0.4 is 0 Å². The van der Waals surface area contributed by atoms with Gasteiger partial charge in [0, 0.05) is 5.56 Å². The molecule has 3 aromatic carbocycles. The Morgan fingerprint density at radius 2 is 1.88 bits per heavy atom. The van der Waals surface area contributed by atoms with Crippen molar-refractivity contribution in [1.82, 2.24) is 9.97 Å². The Labute approximate surface area is 144 Å². The maximum atomic E-state index is 13.4. The number of aromatic nitrogens is 2. The third-order valence-corrected chi connectivity index (χ3v) is 4.45. The number of H-pyrrole nitrogens is 1. The normalized spacial score (nSPS) is 12.4. The monoisotopic (exact) mass is 332 g/mol. The van der Waals surface area contributed by atoms with E-state index < -0.39 is 6.10 Å². The number of rotatable bonds is 3. The maximum Gasteiger partial charge on any atom is 0.140 e. The molecule has 2 N–H and O–H groups in total. The smallest absolute Gasteiger partial charge is 0.140 e. The highest BCUT2D eigenvalue weighted by molar-refractivity contribution is 5.87. The quantitative estimate of drug-likeness (QED) is 0.568. The molecular formula is C21H17FN2O. The van der Waals surface area contributed by atoms with Gasteiger partial charge in [-0.25, -0.2) is 9.37 Å². The van der Waals surface area contributed by atoms with Crippen LogP contribution in [0.15, 0.2) is 66.9 Å². The minimum Gasteiger partial charge on any atom is -0.380 e. The van der Waals surface area contributed by atoms with E-state index in [1.54, 1.807) is 18.3 Å². The molecule has 0 fully saturated rings. The highest BCUT2D eigenvalue weighted by atomic mass is 19.1. The van der Waals surface area contributed by atoms with E-state index in [0.717, 1.165) is 21.9 Å². The van der Waals surface area contributed by atoms with Crippen LogP contribution in [-0.4, -0.2) is 15.1 Å². The Balaban J connectivity index is 1.78. The lowest BCUT2D eigenvalue weighted by Crippen LogP contribution is -2.05. The van der Waals surface area contributed by atoms with Crippen LogP contribution in [0.4, 0.5) is 4.39 Å². The summed E-state index contributed by atoms with van der Waals surface area (Å²) in [5, 5.41) is 13.0. The summed E-state index contributed by atoms with van der Waals surface area (Å²) in [6.45, 7) is 1.97. The van der Waals surface area contributed by atoms with Gasteiger partial charge in [-0.2, -0.15) is 0 Å². The van der Waals surface area contributed by atoms with Crippen molar-refractivity contribution in [2.45, 2.75) is 13.0 Å². The Hall–Kier alpha value is -2.98. The van der Waals surface area contributed by atoms with Gasteiger partial charge in [-0.05, 0) is 41.0 Å². The maximum absolute atomic E-state index is 13.4. The van der Waals surface area contributed by atoms with Gasteiger partial charge >= 0.3 is 0 Å². The first kappa shape index (κ1) is 15.5. The van der Waals surface area contributed by atoms with Crippen LogP contribution in [0.1, 0.15) is 23.1 Å². The topological polar surface area (TPSA) is 48.9 Å². The molecule has 4 aromatic rings. The lowest BCUT2D eigenvalue weighted by molar-refractivity contribution is 0.212. The molecule has 0 saturated carbocycles. The number of nitrogens with zero attached hydrogens (tertiary/aromatic N) is 1. The minimum absolute atomic E-state index is 0.306. The molecule has 0 saturated heterocycles. The first-order valence-corrected chi connectivity index (χ1v) is 8.10. The predicted octanol–water partition coefficient (Wildman–Crippen LogP) is 4.76. The highest BCUT2D eigenvalue weighted by Crippen LogP contribution is 2.31. The zero-order valence-corrected chi connectivity index (χ0v) is 13.7. The van der Waals surface area contributed by atoms with Gasteiger partial charge in [0.05, 0.1) is 11.9 Å². The first-order valence-electron chi connectivity index (χ1n) is 8.10. The van der Waals surface area contributed by atoms with E-state index in [9.17, 15) is 9.50 Å². The summed E-state index contributed by atoms with van der Waals surface area (Å²) in [4.78, 5) is 7.44. The summed E-state index contributed by atoms with van der Waals surface area (Å²) in [5.74, 6) is 0.137. The standard InChI is InChI=1S/C21H17FN2O/c1-13-9-10-14-5-2-3-8-17(14)19(13)20(25)21-23-12-18(24-21)15-6-4-7-16(22)11-15/h2-12,20,25H,1H3,(H,23,24). The van der Waals surface area contributed by atoms with Crippen LogP contribution in [0.25, 0.3) is 22.0 Å². The van der Waals surface area contributed by atoms with Gasteiger partial charge < -0.3 is 10.1 Å². The Morgan fingerprint density at radius 3 is 2.72 bits per heavy atom. The van der Waals surface area contributed by atoms with Crippen LogP contribution in [-0.2, 0) is 0 Å². The number of aromatic amines is 1. The van der Waals surface area contributed by atoms with Crippen molar-refractivity contribution in [3.8, 4) is 11.3 Å². The summed E-state index contributed by atoms with van der Waals surface area (Å²) in [5.41, 5.74) is 3.19. The van der Waals surface area contributed by atoms with Gasteiger partial charge in [0.25, 0.3) is 0 Å². The fourth-order valence-corrected chi connectivity index (χ4v) is 3.18. The zero-order chi connectivity index (χ0) is 17.4. The van der Waals surface area contributed by atoms with Gasteiger partial charge in [-0.1, -0.05) is 48.5 Å². The van der Waals surface area contributed by atoms with E-state index >= 15 is 0 Å². The summed E-state index contributed by atoms with van der Waals surface area (Å²) < 4.78 is 13.4. The molecule has 0 aliphatic carbocycles. The van der Waals surface area contributed by atoms with Crippen LogP contribution in [0.3, 0.4) is 0 Å². The number of benzene rings is 3. The average molecular weight is 332 g/mol. The molecule has 3 nitrogen and oxygen atoms in total. The average Bonchev–Trinajstić information content (AvgIpc) is 3.11. The number of aryl methyl sites for hydroxylation is 1. The lowest BCUT2D eigenvalue weighted by Gasteiger charge is -2.15. The molecule has 0 aliphatic heterocycles. The van der Waals surface area contributed by atoms with Gasteiger partial charge in [0.1, 0.15) is 17.7 Å². The molecule has 0 amide bonds. The van der Waals surface area contributed by atoms with E-state index in [0.29, 0.717) is 17.1 Å². The van der Waals surface area contributed by atoms with E-state index in [4.69, 9.17) is 0 Å². The number of fused-ring (bicyclic) bond motifs is 1. The van der Waals surface area contributed by atoms with E-state index in [1.807, 2.05) is 43.3 Å². The third kappa shape index (κ3) is 2.81. The Kier molecular flexibility index (Phi) is 3.82. The molecule has 1 atom stereocenters. The van der Waals surface area contributed by atoms with Crippen molar-refractivity contribution in [3.63, 3.8) is 0 Å². The largest absolute Gasteiger partial charge is 0.380 e. The second-order valence-electron chi connectivity index (χ2n) is 6.11. The van der Waals surface area contributed by atoms with Gasteiger partial charge in [-0.15, -0.1) is 0 Å². The van der Waals surface area contributed by atoms with Crippen molar-refractivity contribution in [2.75, 3.05) is 0 Å². The molecule has 1 unspecified atom stereocenters. The summed E-state index contributed by atoms with van der Waals surface area (Å²) in [7, 11) is 0. The molecule has 0 radical (unpaired) electrons. The molecule has 0 spiro atoms. The van der Waals surface area contributed by atoms with E-state index in [-0.39, 0.29) is 5.82 Å². The number of aliphatic hydroxyl groups is 1. The number of imidazole rings is 1. The molecule has 124 valence electrons. The minimum atomic E-state index is -0.881. The first-order chi connectivity index (χ1) is 12.1. The van der Waals surface area contributed by atoms with Crippen LogP contribution in [0, 0.1) is 12.7 Å². The number of nitrogens with one attached hydrogen (secondary N) is 1. The second kappa shape index (κ2) is 6.15. The van der Waals surface area contributed by atoms with Crippen molar-refractivity contribution in [2.24, 2.45) is 0 Å². The second-order valence-corrected chi connectivity index (χ2v) is 6.11. The fourth-order valence-electron chi connectivity index (χ4n) is 3.18. The van der Waals surface area contributed by atoms with E-state index in [2.05, 4.69) is 9.97 Å². The van der Waals surface area contributed by atoms with Crippen molar-refractivity contribution >= 4 is 10.8 Å². The summed E-state index contributed by atoms with van der Waals surface area (Å²) in [6.07, 6.45) is 0.738. The molecule has 0 bridgehead atoms. The highest BCUT2D eigenvalue weighted by Gasteiger charge is 2.19. The Bertz CT molecular complexity index is 1050. The molecule has 25 heavy (non-hydrogen) atoms. The predicted molar refractivity (Wildman–Crippen MR) is 96.7 cm³/mol. The molecular weight excluding hydrogens is 315 g/mol. The third-order valence-electron chi connectivity index (χ3n) is 4.45. The molecule has 4 heteroatoms. The number of aliphatic hydroxyl groups excluding tert-OH is 1. The number of halogens is 1. The van der Waals surface area contributed by atoms with E-state index in [1.165, 1.54) is 12.1 Å². The van der Waals surface area contributed by atoms with Crippen molar-refractivity contribution in [1.29, 1.82) is 0 Å². The lowest BCUT2D eigenvalue weighted by atomic mass is 9.95. The SMILES string of the molecule is Cc1ccc2ccccc2c1C(O)c1ncc(-c2cccc(F)c2)[nH]1. The molecule has 4 rings (SSSR count). The van der Waals surface area contributed by atoms with Gasteiger partial charge in [-0.3, -0.25) is 0 Å². The summed E-state index contributed by atoms with van der Waals surface area (Å²) in [6, 6.07) is 18.3. The van der Waals surface area contributed by atoms with Crippen molar-refractivity contribution in [3.05, 3.63) is 89.6 Å². The van der Waals surface area contributed by atoms with Crippen molar-refractivity contribution < 1.29 is 9.50 Å². The Morgan fingerprint density at radius 1 is 1.04 bits per heavy atom. The van der Waals surface area contributed by atoms with Crippen LogP contribution >= 0.6 is 0 Å². The molecule has 0 aliphatic rings. The number of hydrogen-bond acceptors (Lipinski definition) is 2. The van der Waals surface area contributed by atoms with Crippen LogP contribution in [0.2, 0.25) is 0 Å². The number of hydrogen-bond donors (Lipinski definition) is 2. The van der Waals surface area contributed by atoms with Crippen LogP contribution in [0.5, 0.6) is 0 Å². The molecule has 1 heterocycles. The van der Waals surface area contributed by atoms with Gasteiger partial charge in [0.2, 0.25) is 0 Å². The van der Waals surface area contributed by atoms with Gasteiger partial charge in [0.15, 0.2) is 0 Å². The molecule has 1 aromatic heterocycles. The zero-order valence-electron chi connectivity index (χ0n) is 13.7. The summed E-state index contributed by atoms with van der Waals surface area (Å²) >= 11 is 0. The fraction of sp³-hybridized carbons (Fsp3) is 0.0952.